The van der Waals surface area contributed by atoms with Crippen LogP contribution in [0.15, 0.2) is 358 Å². The minimum absolute atomic E-state index is 0.114. The Morgan fingerprint density at radius 3 is 0.678 bits per heavy atom. The van der Waals surface area contributed by atoms with E-state index in [-0.39, 0.29) is 18.5 Å². The smallest absolute Gasteiger partial charge is 0.108 e. The Morgan fingerprint density at radius 1 is 0.191 bits per heavy atom. The first-order valence-corrected chi connectivity index (χ1v) is 40.7. The molecule has 22 rings (SSSR count). The van der Waals surface area contributed by atoms with Crippen molar-refractivity contribution in [2.24, 2.45) is 0 Å². The van der Waals surface area contributed by atoms with Crippen LogP contribution in [-0.4, -0.2) is 31.6 Å². The second kappa shape index (κ2) is 28.5. The van der Waals surface area contributed by atoms with Crippen molar-refractivity contribution in [1.29, 1.82) is 0 Å². The first kappa shape index (κ1) is 70.4. The Labute approximate surface area is 677 Å². The second-order valence-corrected chi connectivity index (χ2v) is 31.8. The summed E-state index contributed by atoms with van der Waals surface area (Å²) in [7, 11) is 2.19. The molecule has 16 aromatic carbocycles. The van der Waals surface area contributed by atoms with E-state index in [2.05, 4.69) is 450 Å². The minimum atomic E-state index is 0.114. The largest absolute Gasteiger partial charge is 0.353 e. The lowest BCUT2D eigenvalue weighted by Gasteiger charge is -2.34. The number of nitrogens with zero attached hydrogens (tertiary/aromatic N) is 6. The fraction of sp³-hybridized carbons (Fsp3) is 0.119. The van der Waals surface area contributed by atoms with E-state index in [0.29, 0.717) is 6.04 Å². The van der Waals surface area contributed by atoms with E-state index in [0.717, 1.165) is 0 Å². The van der Waals surface area contributed by atoms with E-state index in [4.69, 9.17) is 0 Å². The molecule has 0 unspecified atom stereocenters. The van der Waals surface area contributed by atoms with Gasteiger partial charge < -0.3 is 29.4 Å². The molecule has 0 saturated carbocycles. The Bertz CT molecular complexity index is 6530. The van der Waals surface area contributed by atoms with Gasteiger partial charge >= 0.3 is 0 Å². The van der Waals surface area contributed by atoms with Gasteiger partial charge in [0.25, 0.3) is 0 Å². The molecule has 6 nitrogen and oxygen atoms in total. The van der Waals surface area contributed by atoms with Gasteiger partial charge in [-0.1, -0.05) is 273 Å². The molecule has 0 radical (unpaired) electrons. The summed E-state index contributed by atoms with van der Waals surface area (Å²) in [4.78, 5) is 14.9. The molecule has 0 saturated heterocycles. The zero-order chi connectivity index (χ0) is 77.9. The maximum atomic E-state index is 2.53. The highest BCUT2D eigenvalue weighted by molar-refractivity contribution is 6.09. The average molecular weight is 1480 g/mol. The number of rotatable bonds is 5. The van der Waals surface area contributed by atoms with Crippen LogP contribution < -0.4 is 29.4 Å². The molecule has 0 aromatic heterocycles. The molecule has 0 fully saturated rings. The van der Waals surface area contributed by atoms with Crippen molar-refractivity contribution in [2.75, 3.05) is 36.4 Å². The zero-order valence-electron chi connectivity index (χ0n) is 66.6. The Hall–Kier alpha value is -13.7. The fourth-order valence-electron chi connectivity index (χ4n) is 19.8. The molecule has 3 heterocycles. The topological polar surface area (TPSA) is 19.4 Å². The van der Waals surface area contributed by atoms with Gasteiger partial charge in [-0.3, -0.25) is 0 Å². The molecular weight excluding hydrogens is 1390 g/mol. The molecule has 3 aliphatic carbocycles. The Kier molecular flexibility index (Phi) is 17.5. The van der Waals surface area contributed by atoms with Gasteiger partial charge in [0.2, 0.25) is 0 Å². The lowest BCUT2D eigenvalue weighted by atomic mass is 9.80. The average Bonchev–Trinajstić information content (AvgIpc) is 1.09. The molecule has 556 valence electrons. The van der Waals surface area contributed by atoms with Crippen LogP contribution in [0.4, 0.5) is 56.9 Å². The molecule has 6 aliphatic rings. The van der Waals surface area contributed by atoms with Gasteiger partial charge in [-0.15, -0.1) is 0 Å². The molecule has 115 heavy (non-hydrogen) atoms. The molecule has 3 aliphatic heterocycles. The molecule has 0 spiro atoms. The van der Waals surface area contributed by atoms with E-state index in [1.165, 1.54) is 207 Å². The molecule has 0 amide bonds. The van der Waals surface area contributed by atoms with Crippen LogP contribution in [0.2, 0.25) is 0 Å². The summed E-state index contributed by atoms with van der Waals surface area (Å²) in [6, 6.07) is 132. The predicted octanol–water partition coefficient (Wildman–Crippen LogP) is 29.2. The summed E-state index contributed by atoms with van der Waals surface area (Å²) in [6.07, 6.45) is 0.570. The van der Waals surface area contributed by atoms with Gasteiger partial charge in [0.05, 0.1) is 34.1 Å². The lowest BCUT2D eigenvalue weighted by Crippen LogP contribution is -2.42. The molecule has 0 bridgehead atoms. The van der Waals surface area contributed by atoms with Gasteiger partial charge in [0.15, 0.2) is 0 Å². The van der Waals surface area contributed by atoms with Crippen LogP contribution in [-0.2, 0) is 0 Å². The third-order valence-corrected chi connectivity index (χ3v) is 25.0. The van der Waals surface area contributed by atoms with Crippen LogP contribution >= 0.6 is 0 Å². The summed E-state index contributed by atoms with van der Waals surface area (Å²) in [6.45, 7) is 18.3. The SMILES string of the molecule is Cc1cc2c(cc1N1c3ccccc3N(C(C)C)[C@@H]1C)-c1ccccc1-c1ccccc1-c1ccccc1-2.Cc1cc2c(cc1N1c3ccccc3N(C)[C@@H]1C)-c1ccccc1-c1ccccc1-c1ccccc1-2.Cc1cc2c(cc1N1c3ccccc3N(c3ccccc3)[C@@H]1C)-c1ccccc1-c1ccccc1-c1ccccc1-2. The second-order valence-electron chi connectivity index (χ2n) is 31.8. The summed E-state index contributed by atoms with van der Waals surface area (Å²) in [5.74, 6) is 0. The summed E-state index contributed by atoms with van der Waals surface area (Å²) >= 11 is 0. The molecule has 0 N–H and O–H groups in total. The Morgan fingerprint density at radius 2 is 0.391 bits per heavy atom. The van der Waals surface area contributed by atoms with E-state index in [9.17, 15) is 0 Å². The number of benzene rings is 16. The standard InChI is InChI=1S/C39H30N2.C36H32N2.C34H28N2/c1-26-24-35-33-20-10-8-18-31(33)29-16-6-7-17-30(29)32-19-9-11-21-34(32)36(35)25-39(26)41-27(2)40(28-14-4-3-5-15-28)37-22-12-13-23-38(37)41;1-23(2)37-25(4)38(35-20-12-11-19-34(35)37)36-22-33-31-18-10-8-16-29(31)27-14-6-5-13-26(27)28-15-7-9-17-30(28)32(33)21-24(36)3;1-22-20-30-28-16-8-6-14-26(28)24-12-4-5-13-25(24)27-15-7-9-17-29(27)31(30)21-34(22)36-23(2)35(3)32-18-10-11-19-33(32)36/h3-25,27H,1-2H3;5-23,25H,1-4H3;4-21,23H,1-3H3/t27-;25-;23-/m000/s1. The van der Waals surface area contributed by atoms with E-state index in [1.54, 1.807) is 0 Å². The highest BCUT2D eigenvalue weighted by atomic mass is 15.4. The van der Waals surface area contributed by atoms with Crippen molar-refractivity contribution < 1.29 is 0 Å². The van der Waals surface area contributed by atoms with Gasteiger partial charge in [-0.2, -0.15) is 0 Å². The highest BCUT2D eigenvalue weighted by Gasteiger charge is 2.40. The first-order valence-electron chi connectivity index (χ1n) is 40.7. The zero-order valence-corrected chi connectivity index (χ0v) is 66.6. The third kappa shape index (κ3) is 11.5. The number of hydrogen-bond acceptors (Lipinski definition) is 6. The monoisotopic (exact) mass is 1480 g/mol. The van der Waals surface area contributed by atoms with Crippen LogP contribution in [0, 0.1) is 20.8 Å². The van der Waals surface area contributed by atoms with Gasteiger partial charge in [-0.25, -0.2) is 0 Å². The summed E-state index contributed by atoms with van der Waals surface area (Å²) < 4.78 is 0. The van der Waals surface area contributed by atoms with Crippen LogP contribution in [0.3, 0.4) is 0 Å². The van der Waals surface area contributed by atoms with Crippen molar-refractivity contribution >= 4 is 56.9 Å². The van der Waals surface area contributed by atoms with Crippen molar-refractivity contribution in [3.63, 3.8) is 0 Å². The molecular formula is C109H90N6. The predicted molar refractivity (Wildman–Crippen MR) is 488 cm³/mol. The quantitative estimate of drug-likeness (QED) is 0.170. The van der Waals surface area contributed by atoms with Gasteiger partial charge in [0.1, 0.15) is 18.5 Å². The van der Waals surface area contributed by atoms with Crippen molar-refractivity contribution in [3.05, 3.63) is 375 Å². The van der Waals surface area contributed by atoms with E-state index >= 15 is 0 Å². The van der Waals surface area contributed by atoms with Gasteiger partial charge in [0, 0.05) is 35.8 Å². The highest BCUT2D eigenvalue weighted by Crippen LogP contribution is 2.57. The van der Waals surface area contributed by atoms with Crippen molar-refractivity contribution in [1.82, 2.24) is 0 Å². The number of aryl methyl sites for hydroxylation is 3. The number of hydrogen-bond donors (Lipinski definition) is 0. The van der Waals surface area contributed by atoms with Crippen LogP contribution in [0.1, 0.15) is 51.3 Å². The summed E-state index contributed by atoms with van der Waals surface area (Å²) in [5, 5.41) is 0. The number of anilines is 10. The fourth-order valence-corrected chi connectivity index (χ4v) is 19.8. The normalized spacial score (nSPS) is 15.1. The van der Waals surface area contributed by atoms with Gasteiger partial charge in [-0.05, 0) is 291 Å². The van der Waals surface area contributed by atoms with E-state index < -0.39 is 0 Å². The molecule has 6 heteroatoms. The first-order chi connectivity index (χ1) is 56.4. The van der Waals surface area contributed by atoms with Crippen LogP contribution in [0.25, 0.3) is 134 Å². The third-order valence-electron chi connectivity index (χ3n) is 25.0. The van der Waals surface area contributed by atoms with Crippen LogP contribution in [0.5, 0.6) is 0 Å². The van der Waals surface area contributed by atoms with Crippen molar-refractivity contribution in [3.8, 4) is 134 Å². The number of para-hydroxylation sites is 7. The molecule has 3 atom stereocenters. The minimum Gasteiger partial charge on any atom is -0.353 e. The van der Waals surface area contributed by atoms with Crippen molar-refractivity contribution in [2.45, 2.75) is 79.9 Å². The lowest BCUT2D eigenvalue weighted by molar-refractivity contribution is 0.606. The van der Waals surface area contributed by atoms with E-state index in [1.807, 2.05) is 0 Å². The Balaban J connectivity index is 0.000000112. The number of fused-ring (bicyclic) bond motifs is 27. The summed E-state index contributed by atoms with van der Waals surface area (Å²) in [5.41, 5.74) is 47.2. The maximum absolute atomic E-state index is 2.53. The maximum Gasteiger partial charge on any atom is 0.108 e. The molecule has 16 aromatic rings.